The highest BCUT2D eigenvalue weighted by Crippen LogP contribution is 2.10. The fourth-order valence-electron chi connectivity index (χ4n) is 1.98. The SMILES string of the molecule is CCCCCCCCCCCCOC[C@@H](N)CO.Cl. The molecule has 0 aliphatic rings. The van der Waals surface area contributed by atoms with Gasteiger partial charge in [0.05, 0.1) is 19.3 Å². The second-order valence-corrected chi connectivity index (χ2v) is 5.20. The predicted octanol–water partition coefficient (Wildman–Crippen LogP) is 3.67. The van der Waals surface area contributed by atoms with Crippen LogP contribution in [0.25, 0.3) is 0 Å². The Morgan fingerprint density at radius 2 is 1.37 bits per heavy atom. The lowest BCUT2D eigenvalue weighted by molar-refractivity contribution is 0.0980. The van der Waals surface area contributed by atoms with Crippen LogP contribution in [0.4, 0.5) is 0 Å². The second-order valence-electron chi connectivity index (χ2n) is 5.20. The first-order valence-corrected chi connectivity index (χ1v) is 7.75. The van der Waals surface area contributed by atoms with E-state index in [1.807, 2.05) is 0 Å². The molecule has 4 heteroatoms. The molecule has 0 amide bonds. The van der Waals surface area contributed by atoms with Crippen molar-refractivity contribution in [3.05, 3.63) is 0 Å². The molecule has 0 rings (SSSR count). The van der Waals surface area contributed by atoms with Crippen LogP contribution in [-0.4, -0.2) is 31.0 Å². The van der Waals surface area contributed by atoms with Crippen LogP contribution in [0, 0.1) is 0 Å². The fraction of sp³-hybridized carbons (Fsp3) is 1.00. The van der Waals surface area contributed by atoms with E-state index in [1.54, 1.807) is 0 Å². The molecule has 0 aromatic heterocycles. The quantitative estimate of drug-likeness (QED) is 0.481. The van der Waals surface area contributed by atoms with Crippen LogP contribution in [0.3, 0.4) is 0 Å². The molecule has 0 radical (unpaired) electrons. The number of aliphatic hydroxyl groups excluding tert-OH is 1. The lowest BCUT2D eigenvalue weighted by Gasteiger charge is -2.08. The molecule has 0 bridgehead atoms. The van der Waals surface area contributed by atoms with E-state index in [1.165, 1.54) is 57.8 Å². The zero-order valence-corrected chi connectivity index (χ0v) is 13.4. The largest absolute Gasteiger partial charge is 0.395 e. The molecule has 0 saturated heterocycles. The molecular weight excluding hydrogens is 262 g/mol. The number of hydrogen-bond acceptors (Lipinski definition) is 3. The number of ether oxygens (including phenoxy) is 1. The van der Waals surface area contributed by atoms with Crippen LogP contribution in [0.5, 0.6) is 0 Å². The Hall–Kier alpha value is 0.170. The van der Waals surface area contributed by atoms with Gasteiger partial charge in [-0.05, 0) is 6.42 Å². The van der Waals surface area contributed by atoms with Gasteiger partial charge in [-0.15, -0.1) is 12.4 Å². The molecule has 0 fully saturated rings. The van der Waals surface area contributed by atoms with Crippen LogP contribution in [-0.2, 0) is 4.74 Å². The molecule has 0 unspecified atom stereocenters. The zero-order valence-electron chi connectivity index (χ0n) is 12.6. The van der Waals surface area contributed by atoms with E-state index in [2.05, 4.69) is 6.92 Å². The second kappa shape index (κ2) is 18.2. The van der Waals surface area contributed by atoms with Crippen LogP contribution < -0.4 is 5.73 Å². The minimum Gasteiger partial charge on any atom is -0.395 e. The average Bonchev–Trinajstić information content (AvgIpc) is 2.39. The summed E-state index contributed by atoms with van der Waals surface area (Å²) in [6, 6.07) is -0.215. The summed E-state index contributed by atoms with van der Waals surface area (Å²) < 4.78 is 5.37. The summed E-state index contributed by atoms with van der Waals surface area (Å²) >= 11 is 0. The first-order chi connectivity index (χ1) is 8.81. The highest BCUT2D eigenvalue weighted by molar-refractivity contribution is 5.85. The minimum atomic E-state index is -0.215. The van der Waals surface area contributed by atoms with E-state index >= 15 is 0 Å². The minimum absolute atomic E-state index is 0. The lowest BCUT2D eigenvalue weighted by Crippen LogP contribution is -2.30. The fourth-order valence-corrected chi connectivity index (χ4v) is 1.98. The Balaban J connectivity index is 0. The third-order valence-electron chi connectivity index (χ3n) is 3.21. The van der Waals surface area contributed by atoms with Gasteiger partial charge < -0.3 is 15.6 Å². The summed E-state index contributed by atoms with van der Waals surface area (Å²) in [4.78, 5) is 0. The molecule has 0 heterocycles. The van der Waals surface area contributed by atoms with E-state index < -0.39 is 0 Å². The maximum absolute atomic E-state index is 8.71. The van der Waals surface area contributed by atoms with Crippen LogP contribution in [0.1, 0.15) is 71.1 Å². The molecular formula is C15H34ClNO2. The Bertz CT molecular complexity index is 159. The van der Waals surface area contributed by atoms with Gasteiger partial charge in [-0.3, -0.25) is 0 Å². The van der Waals surface area contributed by atoms with Crippen molar-refractivity contribution in [1.82, 2.24) is 0 Å². The van der Waals surface area contributed by atoms with E-state index in [9.17, 15) is 0 Å². The summed E-state index contributed by atoms with van der Waals surface area (Å²) in [5.41, 5.74) is 5.53. The van der Waals surface area contributed by atoms with E-state index in [0.717, 1.165) is 13.0 Å². The van der Waals surface area contributed by atoms with Gasteiger partial charge in [0, 0.05) is 6.61 Å². The van der Waals surface area contributed by atoms with Gasteiger partial charge in [-0.2, -0.15) is 0 Å². The van der Waals surface area contributed by atoms with Crippen molar-refractivity contribution in [2.45, 2.75) is 77.2 Å². The van der Waals surface area contributed by atoms with Crippen molar-refractivity contribution in [1.29, 1.82) is 0 Å². The zero-order chi connectivity index (χ0) is 13.5. The summed E-state index contributed by atoms with van der Waals surface area (Å²) in [5, 5.41) is 8.71. The first kappa shape index (κ1) is 21.5. The van der Waals surface area contributed by atoms with Gasteiger partial charge >= 0.3 is 0 Å². The molecule has 0 spiro atoms. The highest BCUT2D eigenvalue weighted by atomic mass is 35.5. The van der Waals surface area contributed by atoms with E-state index in [4.69, 9.17) is 15.6 Å². The number of aliphatic hydroxyl groups is 1. The predicted molar refractivity (Wildman–Crippen MR) is 85.0 cm³/mol. The topological polar surface area (TPSA) is 55.5 Å². The lowest BCUT2D eigenvalue weighted by atomic mass is 10.1. The molecule has 0 aliphatic carbocycles. The van der Waals surface area contributed by atoms with Gasteiger partial charge in [0.25, 0.3) is 0 Å². The molecule has 0 aromatic rings. The monoisotopic (exact) mass is 295 g/mol. The van der Waals surface area contributed by atoms with Crippen LogP contribution in [0.15, 0.2) is 0 Å². The third-order valence-corrected chi connectivity index (χ3v) is 3.21. The molecule has 1 atom stereocenters. The smallest absolute Gasteiger partial charge is 0.0639 e. The maximum Gasteiger partial charge on any atom is 0.0639 e. The Morgan fingerprint density at radius 1 is 0.895 bits per heavy atom. The van der Waals surface area contributed by atoms with Crippen LogP contribution in [0.2, 0.25) is 0 Å². The van der Waals surface area contributed by atoms with Crippen molar-refractivity contribution in [2.75, 3.05) is 19.8 Å². The molecule has 19 heavy (non-hydrogen) atoms. The highest BCUT2D eigenvalue weighted by Gasteiger charge is 1.99. The summed E-state index contributed by atoms with van der Waals surface area (Å²) in [7, 11) is 0. The van der Waals surface area contributed by atoms with Crippen molar-refractivity contribution in [3.8, 4) is 0 Å². The summed E-state index contributed by atoms with van der Waals surface area (Å²) in [5.74, 6) is 0. The van der Waals surface area contributed by atoms with Crippen molar-refractivity contribution < 1.29 is 9.84 Å². The average molecular weight is 296 g/mol. The van der Waals surface area contributed by atoms with E-state index in [0.29, 0.717) is 6.61 Å². The van der Waals surface area contributed by atoms with Gasteiger partial charge in [0.2, 0.25) is 0 Å². The molecule has 0 aliphatic heterocycles. The van der Waals surface area contributed by atoms with Gasteiger partial charge in [-0.25, -0.2) is 0 Å². The van der Waals surface area contributed by atoms with Gasteiger partial charge in [0.15, 0.2) is 0 Å². The van der Waals surface area contributed by atoms with Crippen molar-refractivity contribution in [3.63, 3.8) is 0 Å². The van der Waals surface area contributed by atoms with E-state index in [-0.39, 0.29) is 25.1 Å². The maximum atomic E-state index is 8.71. The van der Waals surface area contributed by atoms with Crippen molar-refractivity contribution >= 4 is 12.4 Å². The number of unbranched alkanes of at least 4 members (excludes halogenated alkanes) is 9. The van der Waals surface area contributed by atoms with Gasteiger partial charge in [-0.1, -0.05) is 64.7 Å². The molecule has 118 valence electrons. The standard InChI is InChI=1S/C15H33NO2.ClH/c1-2-3-4-5-6-7-8-9-10-11-12-18-14-15(16)13-17;/h15,17H,2-14,16H2,1H3;1H/t15-;/m0./s1. The van der Waals surface area contributed by atoms with Crippen molar-refractivity contribution in [2.24, 2.45) is 5.73 Å². The molecule has 3 nitrogen and oxygen atoms in total. The molecule has 0 saturated carbocycles. The van der Waals surface area contributed by atoms with Gasteiger partial charge in [0.1, 0.15) is 0 Å². The Labute approximate surface area is 125 Å². The summed E-state index contributed by atoms with van der Waals surface area (Å²) in [6.45, 7) is 3.53. The third kappa shape index (κ3) is 18.2. The Morgan fingerprint density at radius 3 is 1.84 bits per heavy atom. The first-order valence-electron chi connectivity index (χ1n) is 7.75. The number of halogens is 1. The Kier molecular flexibility index (Phi) is 20.5. The molecule has 0 aromatic carbocycles. The summed E-state index contributed by atoms with van der Waals surface area (Å²) in [6.07, 6.45) is 13.4. The number of rotatable bonds is 14. The number of hydrogen-bond donors (Lipinski definition) is 2. The van der Waals surface area contributed by atoms with Crippen LogP contribution >= 0.6 is 12.4 Å². The number of nitrogens with two attached hydrogens (primary N) is 1. The normalized spacial score (nSPS) is 12.2. The molecule has 3 N–H and O–H groups in total.